The minimum absolute atomic E-state index is 0.113. The minimum atomic E-state index is -0.164. The van der Waals surface area contributed by atoms with Gasteiger partial charge in [-0.05, 0) is 110 Å². The van der Waals surface area contributed by atoms with E-state index in [1.807, 2.05) is 0 Å². The van der Waals surface area contributed by atoms with Crippen LogP contribution in [0.2, 0.25) is 0 Å². The van der Waals surface area contributed by atoms with Gasteiger partial charge in [0.05, 0.1) is 5.52 Å². The molecule has 12 rings (SSSR count). The van der Waals surface area contributed by atoms with Crippen molar-refractivity contribution >= 4 is 73.1 Å². The van der Waals surface area contributed by atoms with Gasteiger partial charge in [0.15, 0.2) is 7.28 Å². The van der Waals surface area contributed by atoms with Gasteiger partial charge >= 0.3 is 0 Å². The van der Waals surface area contributed by atoms with Crippen LogP contribution in [0.3, 0.4) is 0 Å². The van der Waals surface area contributed by atoms with E-state index in [1.165, 1.54) is 78.7 Å². The fraction of sp³-hybridized carbons (Fsp3) is 0.200. The van der Waals surface area contributed by atoms with Crippen LogP contribution in [0.15, 0.2) is 162 Å². The molecule has 3 heterocycles. The summed E-state index contributed by atoms with van der Waals surface area (Å²) >= 11 is 0. The van der Waals surface area contributed by atoms with Gasteiger partial charge in [-0.15, -0.1) is 0 Å². The highest BCUT2D eigenvalue weighted by Gasteiger charge is 2.37. The lowest BCUT2D eigenvalue weighted by Gasteiger charge is -2.42. The number of rotatable bonds is 5. The molecule has 0 unspecified atom stereocenters. The lowest BCUT2D eigenvalue weighted by atomic mass is 9.58. The predicted octanol–water partition coefficient (Wildman–Crippen LogP) is 15.0. The monoisotopic (exact) mass is 827 g/mol. The second-order valence-electron chi connectivity index (χ2n) is 20.7. The molecule has 1 N–H and O–H groups in total. The number of aromatic nitrogens is 1. The van der Waals surface area contributed by atoms with E-state index in [1.54, 1.807) is 0 Å². The summed E-state index contributed by atoms with van der Waals surface area (Å²) in [7, 11) is 2.44. The fourth-order valence-corrected chi connectivity index (χ4v) is 11.2. The number of fused-ring (bicyclic) bond motifs is 9. The molecule has 3 nitrogen and oxygen atoms in total. The summed E-state index contributed by atoms with van der Waals surface area (Å²) in [5, 5.41) is 10.2. The first kappa shape index (κ1) is 38.9. The molecule has 0 fully saturated rings. The molecule has 2 aliphatic rings. The summed E-state index contributed by atoms with van der Waals surface area (Å²) in [6.07, 6.45) is 2.38. The zero-order chi connectivity index (χ0) is 43.7. The lowest BCUT2D eigenvalue weighted by molar-refractivity contribution is 0.332. The molecule has 0 bridgehead atoms. The molecule has 0 spiro atoms. The summed E-state index contributed by atoms with van der Waals surface area (Å²) in [5.74, 6) is 0.889. The van der Waals surface area contributed by atoms with E-state index in [-0.39, 0.29) is 16.2 Å². The molecule has 2 aromatic heterocycles. The molecule has 311 valence electrons. The van der Waals surface area contributed by atoms with E-state index >= 15 is 0 Å². The highest BCUT2D eigenvalue weighted by molar-refractivity contribution is 6.74. The first-order valence-electron chi connectivity index (χ1n) is 23.0. The van der Waals surface area contributed by atoms with Crippen molar-refractivity contribution in [3.05, 3.63) is 174 Å². The number of furan rings is 1. The van der Waals surface area contributed by atoms with Gasteiger partial charge in [-0.3, -0.25) is 0 Å². The third-order valence-corrected chi connectivity index (χ3v) is 14.6. The van der Waals surface area contributed by atoms with Crippen molar-refractivity contribution in [2.24, 2.45) is 0 Å². The fourth-order valence-electron chi connectivity index (χ4n) is 11.2. The molecule has 0 saturated heterocycles. The molecule has 1 aliphatic carbocycles. The van der Waals surface area contributed by atoms with Crippen LogP contribution in [0.25, 0.3) is 82.8 Å². The Bertz CT molecular complexity index is 3530. The van der Waals surface area contributed by atoms with Crippen molar-refractivity contribution in [1.82, 2.24) is 4.57 Å². The Hall–Kier alpha value is -6.78. The smallest absolute Gasteiger partial charge is 0.198 e. The van der Waals surface area contributed by atoms with Gasteiger partial charge < -0.3 is 14.3 Å². The van der Waals surface area contributed by atoms with Gasteiger partial charge in [0.1, 0.15) is 11.3 Å². The Kier molecular flexibility index (Phi) is 8.42. The van der Waals surface area contributed by atoms with E-state index < -0.39 is 0 Å². The largest absolute Gasteiger partial charge is 0.455 e. The zero-order valence-corrected chi connectivity index (χ0v) is 37.9. The third-order valence-electron chi connectivity index (χ3n) is 14.6. The first-order valence-corrected chi connectivity index (χ1v) is 23.0. The van der Waals surface area contributed by atoms with Gasteiger partial charge in [0.25, 0.3) is 0 Å². The van der Waals surface area contributed by atoms with Crippen molar-refractivity contribution in [3.8, 4) is 39.3 Å². The van der Waals surface area contributed by atoms with Crippen LogP contribution < -0.4 is 16.2 Å². The molecule has 1 aliphatic heterocycles. The van der Waals surface area contributed by atoms with Gasteiger partial charge in [-0.25, -0.2) is 0 Å². The van der Waals surface area contributed by atoms with Gasteiger partial charge in [0.2, 0.25) is 0 Å². The Morgan fingerprint density at radius 1 is 0.609 bits per heavy atom. The summed E-state index contributed by atoms with van der Waals surface area (Å²) in [6, 6.07) is 58.0. The standard InChI is InChI=1S/C60H52BN2O/c1-58(2,3)46-33-42(41-24-16-17-25-48(41)62-39-27-28-44-45(32-39)60(6,7)31-30-59(44,4)5)55-56-54(46)53-40-23-15-14-18-36(40)26-29-49(53)63(56)50-34-43-51(35-47(50)61-55)64-57(38-21-12-9-13-22-38)52(43)37-19-10-8-11-20-37/h8-29,32-35,62H,30-31H2,1-7H3. The van der Waals surface area contributed by atoms with Crippen molar-refractivity contribution in [3.63, 3.8) is 0 Å². The second-order valence-corrected chi connectivity index (χ2v) is 20.7. The Morgan fingerprint density at radius 3 is 2.06 bits per heavy atom. The first-order chi connectivity index (χ1) is 30.9. The van der Waals surface area contributed by atoms with Gasteiger partial charge in [0, 0.05) is 55.4 Å². The molecule has 64 heavy (non-hydrogen) atoms. The second kappa shape index (κ2) is 13.9. The van der Waals surface area contributed by atoms with Gasteiger partial charge in [-0.2, -0.15) is 0 Å². The number of anilines is 2. The minimum Gasteiger partial charge on any atom is -0.455 e. The summed E-state index contributed by atoms with van der Waals surface area (Å²) in [6.45, 7) is 16.7. The van der Waals surface area contributed by atoms with Crippen LogP contribution in [-0.2, 0) is 16.2 Å². The maximum absolute atomic E-state index is 6.99. The Labute approximate surface area is 377 Å². The van der Waals surface area contributed by atoms with E-state index in [9.17, 15) is 0 Å². The molecule has 0 atom stereocenters. The number of para-hydroxylation sites is 1. The van der Waals surface area contributed by atoms with E-state index in [4.69, 9.17) is 4.42 Å². The maximum Gasteiger partial charge on any atom is 0.198 e. The number of nitrogens with zero attached hydrogens (tertiary/aromatic N) is 1. The average Bonchev–Trinajstić information content (AvgIpc) is 3.85. The van der Waals surface area contributed by atoms with Gasteiger partial charge in [-0.1, -0.05) is 175 Å². The van der Waals surface area contributed by atoms with Crippen LogP contribution in [0.4, 0.5) is 11.4 Å². The Balaban J connectivity index is 1.15. The highest BCUT2D eigenvalue weighted by Crippen LogP contribution is 2.49. The van der Waals surface area contributed by atoms with E-state index in [0.29, 0.717) is 0 Å². The molecule has 8 aromatic carbocycles. The van der Waals surface area contributed by atoms with Crippen molar-refractivity contribution < 1.29 is 4.42 Å². The van der Waals surface area contributed by atoms with Crippen LogP contribution >= 0.6 is 0 Å². The molecule has 0 amide bonds. The summed E-state index contributed by atoms with van der Waals surface area (Å²) in [5.41, 5.74) is 19.2. The number of nitrogens with one attached hydrogen (secondary N) is 1. The molecule has 4 heteroatoms. The van der Waals surface area contributed by atoms with Crippen molar-refractivity contribution in [2.75, 3.05) is 5.32 Å². The third kappa shape index (κ3) is 5.88. The van der Waals surface area contributed by atoms with Crippen LogP contribution in [0, 0.1) is 0 Å². The Morgan fingerprint density at radius 2 is 1.30 bits per heavy atom. The molecular formula is C60H52BN2O. The lowest BCUT2D eigenvalue weighted by Crippen LogP contribution is -2.37. The maximum atomic E-state index is 6.99. The SMILES string of the molecule is CC(C)(C)c1cc(-c2ccccc2Nc2ccc3c(c2)C(C)(C)CCC3(C)C)c2c3c1c1c4ccccc4ccc1n3-c1cc3c(-c4ccccc4)c(-c4ccccc4)oc3cc1[B]2. The van der Waals surface area contributed by atoms with Crippen LogP contribution in [0.1, 0.15) is 78.0 Å². The topological polar surface area (TPSA) is 30.1 Å². The zero-order valence-electron chi connectivity index (χ0n) is 37.9. The normalized spacial score (nSPS) is 15.0. The summed E-state index contributed by atoms with van der Waals surface area (Å²) < 4.78 is 9.56. The van der Waals surface area contributed by atoms with Crippen LogP contribution in [-0.4, -0.2) is 11.8 Å². The molecule has 0 saturated carbocycles. The number of benzene rings is 8. The van der Waals surface area contributed by atoms with E-state index in [2.05, 4.69) is 223 Å². The molecular weight excluding hydrogens is 775 g/mol. The molecule has 1 radical (unpaired) electrons. The van der Waals surface area contributed by atoms with Crippen molar-refractivity contribution in [2.45, 2.75) is 77.6 Å². The predicted molar refractivity (Wildman–Crippen MR) is 273 cm³/mol. The highest BCUT2D eigenvalue weighted by atomic mass is 16.3. The number of hydrogen-bond donors (Lipinski definition) is 1. The van der Waals surface area contributed by atoms with Crippen molar-refractivity contribution in [1.29, 1.82) is 0 Å². The average molecular weight is 828 g/mol. The van der Waals surface area contributed by atoms with Crippen LogP contribution in [0.5, 0.6) is 0 Å². The quantitative estimate of drug-likeness (QED) is 0.175. The number of hydrogen-bond acceptors (Lipinski definition) is 2. The summed E-state index contributed by atoms with van der Waals surface area (Å²) in [4.78, 5) is 0. The molecule has 10 aromatic rings. The van der Waals surface area contributed by atoms with E-state index in [0.717, 1.165) is 55.9 Å².